The molecule has 1 saturated heterocycles. The van der Waals surface area contributed by atoms with E-state index in [0.29, 0.717) is 43.3 Å². The van der Waals surface area contributed by atoms with Gasteiger partial charge in [0, 0.05) is 43.4 Å². The van der Waals surface area contributed by atoms with Gasteiger partial charge in [-0.05, 0) is 41.6 Å². The Bertz CT molecular complexity index is 1340. The minimum Gasteiger partial charge on any atom is -0.465 e. The summed E-state index contributed by atoms with van der Waals surface area (Å²) in [6.07, 6.45) is 3.18. The smallest absolute Gasteiger partial charge is 0.272 e. The number of aryl methyl sites for hydroxylation is 1. The largest absolute Gasteiger partial charge is 0.465 e. The number of hydrogen-bond donors (Lipinski definition) is 0. The summed E-state index contributed by atoms with van der Waals surface area (Å²) in [6, 6.07) is 20.5. The average molecular weight is 469 g/mol. The third kappa shape index (κ3) is 4.74. The number of amides is 2. The number of rotatable bonds is 5. The monoisotopic (exact) mass is 468 g/mol. The van der Waals surface area contributed by atoms with Crippen LogP contribution in [0.25, 0.3) is 23.2 Å². The van der Waals surface area contributed by atoms with Crippen molar-refractivity contribution >= 4 is 23.6 Å². The molecule has 0 N–H and O–H groups in total. The van der Waals surface area contributed by atoms with Gasteiger partial charge >= 0.3 is 0 Å². The molecule has 3 heterocycles. The molecule has 0 atom stereocenters. The van der Waals surface area contributed by atoms with Crippen LogP contribution in [0.3, 0.4) is 0 Å². The first-order chi connectivity index (χ1) is 17.1. The van der Waals surface area contributed by atoms with E-state index in [1.165, 1.54) is 4.68 Å². The molecule has 2 amide bonds. The number of benzene rings is 2. The van der Waals surface area contributed by atoms with Crippen LogP contribution in [0.1, 0.15) is 21.7 Å². The van der Waals surface area contributed by atoms with Crippen LogP contribution in [-0.4, -0.2) is 68.0 Å². The molecular weight excluding hydrogens is 444 g/mol. The van der Waals surface area contributed by atoms with Crippen LogP contribution in [0.4, 0.5) is 0 Å². The lowest BCUT2D eigenvalue weighted by Gasteiger charge is -2.35. The highest BCUT2D eigenvalue weighted by Crippen LogP contribution is 2.23. The van der Waals surface area contributed by atoms with Crippen molar-refractivity contribution in [1.82, 2.24) is 30.0 Å². The highest BCUT2D eigenvalue weighted by molar-refractivity contribution is 6.18. The van der Waals surface area contributed by atoms with E-state index in [9.17, 15) is 9.59 Å². The van der Waals surface area contributed by atoms with Gasteiger partial charge in [-0.25, -0.2) is 0 Å². The van der Waals surface area contributed by atoms with Crippen molar-refractivity contribution in [3.05, 3.63) is 89.9 Å². The van der Waals surface area contributed by atoms with Gasteiger partial charge in [-0.3, -0.25) is 9.59 Å². The van der Waals surface area contributed by atoms with E-state index in [0.717, 1.165) is 11.1 Å². The van der Waals surface area contributed by atoms with Crippen LogP contribution in [0.5, 0.6) is 0 Å². The van der Waals surface area contributed by atoms with Gasteiger partial charge in [-0.15, -0.1) is 5.10 Å². The summed E-state index contributed by atoms with van der Waals surface area (Å²) < 4.78 is 6.90. The molecular formula is C26H24N6O3. The first kappa shape index (κ1) is 22.3. The Kier molecular flexibility index (Phi) is 6.21. The Morgan fingerprint density at radius 3 is 2.29 bits per heavy atom. The molecule has 5 rings (SSSR count). The predicted molar refractivity (Wildman–Crippen MR) is 130 cm³/mol. The van der Waals surface area contributed by atoms with Crippen LogP contribution in [0, 0.1) is 6.92 Å². The number of piperazine rings is 1. The fourth-order valence-electron chi connectivity index (χ4n) is 3.99. The molecule has 2 aromatic carbocycles. The molecule has 0 radical (unpaired) electrons. The number of carbonyl (C=O) groups is 2. The third-order valence-electron chi connectivity index (χ3n) is 5.92. The third-order valence-corrected chi connectivity index (χ3v) is 5.92. The molecule has 35 heavy (non-hydrogen) atoms. The molecule has 9 heteroatoms. The number of hydrogen-bond acceptors (Lipinski definition) is 6. The summed E-state index contributed by atoms with van der Waals surface area (Å²) in [6.45, 7) is 3.66. The number of aromatic nitrogens is 4. The van der Waals surface area contributed by atoms with E-state index in [1.807, 2.05) is 61.5 Å². The summed E-state index contributed by atoms with van der Waals surface area (Å²) in [5.41, 5.74) is 2.80. The molecule has 176 valence electrons. The molecule has 1 aliphatic heterocycles. The standard InChI is InChI=1S/C26H24N6O3/c1-19-9-11-21(12-10-19)25(33)30-13-15-31(16-14-30)26(34)23(18-22-8-5-17-35-22)32-24(27-28-29-32)20-6-3-2-4-7-20/h2-12,17-18H,13-16H2,1H3. The molecule has 2 aromatic heterocycles. The summed E-state index contributed by atoms with van der Waals surface area (Å²) in [5.74, 6) is 0.685. The number of tetrazole rings is 1. The summed E-state index contributed by atoms with van der Waals surface area (Å²) in [4.78, 5) is 30.1. The van der Waals surface area contributed by atoms with E-state index < -0.39 is 0 Å². The molecule has 4 aromatic rings. The maximum Gasteiger partial charge on any atom is 0.272 e. The normalized spacial score (nSPS) is 14.3. The minimum atomic E-state index is -0.242. The van der Waals surface area contributed by atoms with Crippen molar-refractivity contribution in [2.75, 3.05) is 26.2 Å². The molecule has 0 bridgehead atoms. The van der Waals surface area contributed by atoms with Gasteiger partial charge in [-0.2, -0.15) is 4.68 Å². The van der Waals surface area contributed by atoms with Gasteiger partial charge in [-0.1, -0.05) is 48.0 Å². The van der Waals surface area contributed by atoms with Crippen molar-refractivity contribution in [3.63, 3.8) is 0 Å². The molecule has 0 saturated carbocycles. The Balaban J connectivity index is 1.38. The lowest BCUT2D eigenvalue weighted by atomic mass is 10.1. The lowest BCUT2D eigenvalue weighted by molar-refractivity contribution is -0.126. The number of nitrogens with zero attached hydrogens (tertiary/aromatic N) is 6. The quantitative estimate of drug-likeness (QED) is 0.417. The molecule has 0 unspecified atom stereocenters. The van der Waals surface area contributed by atoms with E-state index in [2.05, 4.69) is 15.5 Å². The Hall–Kier alpha value is -4.53. The zero-order valence-electron chi connectivity index (χ0n) is 19.2. The van der Waals surface area contributed by atoms with Crippen molar-refractivity contribution < 1.29 is 14.0 Å². The Morgan fingerprint density at radius 2 is 1.60 bits per heavy atom. The molecule has 0 aliphatic carbocycles. The van der Waals surface area contributed by atoms with Crippen LogP contribution >= 0.6 is 0 Å². The number of carbonyl (C=O) groups excluding carboxylic acids is 2. The van der Waals surface area contributed by atoms with Crippen LogP contribution in [0.2, 0.25) is 0 Å². The molecule has 9 nitrogen and oxygen atoms in total. The number of furan rings is 1. The van der Waals surface area contributed by atoms with Crippen molar-refractivity contribution in [2.24, 2.45) is 0 Å². The van der Waals surface area contributed by atoms with Crippen molar-refractivity contribution in [1.29, 1.82) is 0 Å². The minimum absolute atomic E-state index is 0.0321. The first-order valence-electron chi connectivity index (χ1n) is 11.3. The summed E-state index contributed by atoms with van der Waals surface area (Å²) in [5, 5.41) is 12.1. The maximum atomic E-state index is 13.7. The SMILES string of the molecule is Cc1ccc(C(=O)N2CCN(C(=O)C(=Cc3ccco3)n3nnnc3-c3ccccc3)CC2)cc1. The van der Waals surface area contributed by atoms with Crippen molar-refractivity contribution in [3.8, 4) is 11.4 Å². The van der Waals surface area contributed by atoms with Gasteiger partial charge in [0.25, 0.3) is 11.8 Å². The van der Waals surface area contributed by atoms with E-state index in [1.54, 1.807) is 34.3 Å². The van der Waals surface area contributed by atoms with Gasteiger partial charge in [0.2, 0.25) is 0 Å². The maximum absolute atomic E-state index is 13.7. The molecule has 1 aliphatic rings. The second-order valence-corrected chi connectivity index (χ2v) is 8.28. The van der Waals surface area contributed by atoms with Crippen LogP contribution in [-0.2, 0) is 4.79 Å². The van der Waals surface area contributed by atoms with Crippen LogP contribution < -0.4 is 0 Å². The summed E-state index contributed by atoms with van der Waals surface area (Å²) in [7, 11) is 0. The lowest BCUT2D eigenvalue weighted by Crippen LogP contribution is -2.51. The van der Waals surface area contributed by atoms with Gasteiger partial charge < -0.3 is 14.2 Å². The predicted octanol–water partition coefficient (Wildman–Crippen LogP) is 3.22. The Morgan fingerprint density at radius 1 is 0.886 bits per heavy atom. The average Bonchev–Trinajstić information content (AvgIpc) is 3.60. The second kappa shape index (κ2) is 9.76. The summed E-state index contributed by atoms with van der Waals surface area (Å²) >= 11 is 0. The zero-order chi connectivity index (χ0) is 24.2. The zero-order valence-corrected chi connectivity index (χ0v) is 19.2. The van der Waals surface area contributed by atoms with E-state index in [4.69, 9.17) is 4.42 Å². The van der Waals surface area contributed by atoms with Gasteiger partial charge in [0.1, 0.15) is 11.5 Å². The van der Waals surface area contributed by atoms with Gasteiger partial charge in [0.05, 0.1) is 6.26 Å². The highest BCUT2D eigenvalue weighted by atomic mass is 16.3. The van der Waals surface area contributed by atoms with E-state index in [-0.39, 0.29) is 17.5 Å². The van der Waals surface area contributed by atoms with E-state index >= 15 is 0 Å². The van der Waals surface area contributed by atoms with Gasteiger partial charge in [0.15, 0.2) is 5.82 Å². The highest BCUT2D eigenvalue weighted by Gasteiger charge is 2.29. The van der Waals surface area contributed by atoms with Crippen LogP contribution in [0.15, 0.2) is 77.4 Å². The topological polar surface area (TPSA) is 97.4 Å². The second-order valence-electron chi connectivity index (χ2n) is 8.28. The Labute approximate surface area is 202 Å². The van der Waals surface area contributed by atoms with Crippen molar-refractivity contribution in [2.45, 2.75) is 6.92 Å². The first-order valence-corrected chi connectivity index (χ1v) is 11.3. The fraction of sp³-hybridized carbons (Fsp3) is 0.192. The fourth-order valence-corrected chi connectivity index (χ4v) is 3.99. The molecule has 0 spiro atoms. The molecule has 1 fully saturated rings.